The van der Waals surface area contributed by atoms with Crippen molar-refractivity contribution in [2.75, 3.05) is 7.05 Å². The van der Waals surface area contributed by atoms with Crippen molar-refractivity contribution in [1.82, 2.24) is 5.01 Å². The van der Waals surface area contributed by atoms with Crippen LogP contribution in [0.25, 0.3) is 0 Å². The highest BCUT2D eigenvalue weighted by Gasteiger charge is 2.36. The molecule has 1 aromatic carbocycles. The summed E-state index contributed by atoms with van der Waals surface area (Å²) >= 11 is 0. The number of hydrazine groups is 1. The van der Waals surface area contributed by atoms with Gasteiger partial charge in [0.1, 0.15) is 5.84 Å². The topological polar surface area (TPSA) is 41.6 Å². The lowest BCUT2D eigenvalue weighted by Crippen LogP contribution is -2.36. The second-order valence-corrected chi connectivity index (χ2v) is 3.62. The van der Waals surface area contributed by atoms with E-state index in [4.69, 9.17) is 5.84 Å². The lowest BCUT2D eigenvalue weighted by Gasteiger charge is -2.20. The number of nitrogens with zero attached hydrogens (tertiary/aromatic N) is 2. The van der Waals surface area contributed by atoms with Crippen LogP contribution in [0.4, 0.5) is 4.39 Å². The summed E-state index contributed by atoms with van der Waals surface area (Å²) in [5.41, 5.74) is 1.03. The SMILES string of the molecule is CN=C1C(F)CC(c2ccccc2)N1N. The van der Waals surface area contributed by atoms with Crippen molar-refractivity contribution < 1.29 is 4.39 Å². The van der Waals surface area contributed by atoms with Gasteiger partial charge >= 0.3 is 0 Å². The number of alkyl halides is 1. The Bertz CT molecular complexity index is 363. The van der Waals surface area contributed by atoms with E-state index in [1.165, 1.54) is 5.01 Å². The first kappa shape index (κ1) is 10.1. The van der Waals surface area contributed by atoms with Crippen molar-refractivity contribution >= 4 is 5.84 Å². The Morgan fingerprint density at radius 1 is 1.40 bits per heavy atom. The van der Waals surface area contributed by atoms with Crippen LogP contribution in [-0.2, 0) is 0 Å². The number of hydrogen-bond acceptors (Lipinski definition) is 2. The molecule has 1 saturated heterocycles. The molecule has 2 atom stereocenters. The highest BCUT2D eigenvalue weighted by molar-refractivity contribution is 5.88. The van der Waals surface area contributed by atoms with Crippen LogP contribution in [0, 0.1) is 0 Å². The summed E-state index contributed by atoms with van der Waals surface area (Å²) in [6.45, 7) is 0. The minimum atomic E-state index is -1.05. The quantitative estimate of drug-likeness (QED) is 0.712. The van der Waals surface area contributed by atoms with Crippen molar-refractivity contribution in [2.45, 2.75) is 18.6 Å². The second-order valence-electron chi connectivity index (χ2n) is 3.62. The number of rotatable bonds is 1. The molecule has 0 saturated carbocycles. The number of amidine groups is 1. The van der Waals surface area contributed by atoms with Gasteiger partial charge in [0, 0.05) is 13.5 Å². The molecule has 1 aromatic rings. The minimum absolute atomic E-state index is 0.0973. The normalized spacial score (nSPS) is 28.7. The molecule has 1 aliphatic heterocycles. The van der Waals surface area contributed by atoms with Crippen LogP contribution in [0.5, 0.6) is 0 Å². The van der Waals surface area contributed by atoms with Gasteiger partial charge in [0.25, 0.3) is 0 Å². The summed E-state index contributed by atoms with van der Waals surface area (Å²) in [6, 6.07) is 9.60. The molecule has 0 aliphatic carbocycles. The molecule has 1 heterocycles. The molecule has 0 aromatic heterocycles. The molecule has 2 unspecified atom stereocenters. The third-order valence-electron chi connectivity index (χ3n) is 2.72. The molecule has 15 heavy (non-hydrogen) atoms. The van der Waals surface area contributed by atoms with Crippen molar-refractivity contribution in [3.05, 3.63) is 35.9 Å². The monoisotopic (exact) mass is 207 g/mol. The van der Waals surface area contributed by atoms with E-state index >= 15 is 0 Å². The largest absolute Gasteiger partial charge is 0.288 e. The second kappa shape index (κ2) is 3.98. The first-order valence-electron chi connectivity index (χ1n) is 4.93. The van der Waals surface area contributed by atoms with Gasteiger partial charge in [-0.25, -0.2) is 10.2 Å². The first-order valence-corrected chi connectivity index (χ1v) is 4.93. The van der Waals surface area contributed by atoms with Gasteiger partial charge in [-0.2, -0.15) is 0 Å². The highest BCUT2D eigenvalue weighted by atomic mass is 19.1. The Hall–Kier alpha value is -1.42. The minimum Gasteiger partial charge on any atom is -0.288 e. The van der Waals surface area contributed by atoms with Crippen LogP contribution in [0.1, 0.15) is 18.0 Å². The zero-order valence-corrected chi connectivity index (χ0v) is 8.60. The Kier molecular flexibility index (Phi) is 2.68. The number of halogens is 1. The zero-order chi connectivity index (χ0) is 10.8. The lowest BCUT2D eigenvalue weighted by atomic mass is 10.1. The van der Waals surface area contributed by atoms with E-state index in [9.17, 15) is 4.39 Å². The zero-order valence-electron chi connectivity index (χ0n) is 8.60. The smallest absolute Gasteiger partial charge is 0.161 e. The van der Waals surface area contributed by atoms with Crippen LogP contribution in [0.3, 0.4) is 0 Å². The molecule has 2 rings (SSSR count). The molecule has 2 N–H and O–H groups in total. The molecule has 0 bridgehead atoms. The summed E-state index contributed by atoms with van der Waals surface area (Å²) in [5.74, 6) is 6.16. The van der Waals surface area contributed by atoms with Crippen molar-refractivity contribution in [2.24, 2.45) is 10.8 Å². The van der Waals surface area contributed by atoms with E-state index in [1.54, 1.807) is 7.05 Å². The van der Waals surface area contributed by atoms with Crippen LogP contribution in [-0.4, -0.2) is 24.1 Å². The van der Waals surface area contributed by atoms with Gasteiger partial charge < -0.3 is 0 Å². The van der Waals surface area contributed by atoms with Crippen molar-refractivity contribution in [3.8, 4) is 0 Å². The van der Waals surface area contributed by atoms with E-state index in [0.717, 1.165) is 5.56 Å². The average Bonchev–Trinajstić information content (AvgIpc) is 2.55. The molecule has 1 aliphatic rings. The van der Waals surface area contributed by atoms with E-state index in [1.807, 2.05) is 30.3 Å². The number of benzene rings is 1. The standard InChI is InChI=1S/C11H14FN3/c1-14-11-9(12)7-10(15(11)13)8-5-3-2-4-6-8/h2-6,9-10H,7,13H2,1H3. The molecule has 3 nitrogen and oxygen atoms in total. The average molecular weight is 207 g/mol. The van der Waals surface area contributed by atoms with E-state index in [0.29, 0.717) is 12.3 Å². The molecular weight excluding hydrogens is 193 g/mol. The van der Waals surface area contributed by atoms with Gasteiger partial charge in [0.2, 0.25) is 0 Å². The summed E-state index contributed by atoms with van der Waals surface area (Å²) in [4.78, 5) is 3.87. The van der Waals surface area contributed by atoms with E-state index in [2.05, 4.69) is 4.99 Å². The van der Waals surface area contributed by atoms with Gasteiger partial charge in [0.05, 0.1) is 6.04 Å². The third kappa shape index (κ3) is 1.72. The Labute approximate surface area is 88.4 Å². The molecule has 0 amide bonds. The Balaban J connectivity index is 2.27. The van der Waals surface area contributed by atoms with Crippen molar-refractivity contribution in [1.29, 1.82) is 0 Å². The fraction of sp³-hybridized carbons (Fsp3) is 0.364. The predicted octanol–water partition coefficient (Wildman–Crippen LogP) is 1.67. The summed E-state index contributed by atoms with van der Waals surface area (Å²) in [6.07, 6.45) is -0.669. The van der Waals surface area contributed by atoms with E-state index < -0.39 is 6.17 Å². The van der Waals surface area contributed by atoms with E-state index in [-0.39, 0.29) is 6.04 Å². The maximum atomic E-state index is 13.5. The Morgan fingerprint density at radius 3 is 2.60 bits per heavy atom. The third-order valence-corrected chi connectivity index (χ3v) is 2.72. The van der Waals surface area contributed by atoms with Crippen molar-refractivity contribution in [3.63, 3.8) is 0 Å². The summed E-state index contributed by atoms with van der Waals surface area (Å²) in [5, 5.41) is 1.43. The fourth-order valence-electron chi connectivity index (χ4n) is 1.96. The Morgan fingerprint density at radius 2 is 2.07 bits per heavy atom. The first-order chi connectivity index (χ1) is 7.24. The molecule has 4 heteroatoms. The molecule has 0 spiro atoms. The van der Waals surface area contributed by atoms with Gasteiger partial charge in [-0.15, -0.1) is 0 Å². The molecule has 0 radical (unpaired) electrons. The highest BCUT2D eigenvalue weighted by Crippen LogP contribution is 2.32. The van der Waals surface area contributed by atoms with Gasteiger partial charge in [-0.1, -0.05) is 30.3 Å². The van der Waals surface area contributed by atoms with Crippen LogP contribution < -0.4 is 5.84 Å². The van der Waals surface area contributed by atoms with Crippen LogP contribution >= 0.6 is 0 Å². The number of nitrogens with two attached hydrogens (primary N) is 1. The lowest BCUT2D eigenvalue weighted by molar-refractivity contribution is 0.340. The van der Waals surface area contributed by atoms with Gasteiger partial charge in [-0.3, -0.25) is 10.0 Å². The summed E-state index contributed by atoms with van der Waals surface area (Å²) < 4.78 is 13.5. The molecular formula is C11H14FN3. The maximum Gasteiger partial charge on any atom is 0.161 e. The summed E-state index contributed by atoms with van der Waals surface area (Å²) in [7, 11) is 1.56. The van der Waals surface area contributed by atoms with Gasteiger partial charge in [-0.05, 0) is 5.56 Å². The molecule has 1 fully saturated rings. The number of aliphatic imine (C=N–C) groups is 1. The van der Waals surface area contributed by atoms with Crippen LogP contribution in [0.2, 0.25) is 0 Å². The molecule has 80 valence electrons. The maximum absolute atomic E-state index is 13.5. The fourth-order valence-corrected chi connectivity index (χ4v) is 1.96. The van der Waals surface area contributed by atoms with Gasteiger partial charge in [0.15, 0.2) is 6.17 Å². The predicted molar refractivity (Wildman–Crippen MR) is 58.1 cm³/mol. The van der Waals surface area contributed by atoms with Crippen LogP contribution in [0.15, 0.2) is 35.3 Å². The number of hydrogen-bond donors (Lipinski definition) is 1.